The molecule has 1 fully saturated rings. The molecule has 1 aromatic rings. The van der Waals surface area contributed by atoms with Crippen LogP contribution < -0.4 is 5.32 Å². The van der Waals surface area contributed by atoms with E-state index in [-0.39, 0.29) is 28.3 Å². The summed E-state index contributed by atoms with van der Waals surface area (Å²) in [6.07, 6.45) is 1.87. The molecular weight excluding hydrogens is 339 g/mol. The average molecular weight is 354 g/mol. The lowest BCUT2D eigenvalue weighted by Gasteiger charge is -2.13. The van der Waals surface area contributed by atoms with Crippen molar-refractivity contribution < 1.29 is 19.1 Å². The van der Waals surface area contributed by atoms with Crippen LogP contribution in [0.2, 0.25) is 0 Å². The number of benzene rings is 1. The number of halogens is 1. The van der Waals surface area contributed by atoms with E-state index >= 15 is 0 Å². The molecule has 0 radical (unpaired) electrons. The number of hydrogen-bond donors (Lipinski definition) is 2. The summed E-state index contributed by atoms with van der Waals surface area (Å²) in [6.45, 7) is 0.118. The van der Waals surface area contributed by atoms with Gasteiger partial charge in [0.15, 0.2) is 0 Å². The Labute approximate surface area is 142 Å². The van der Waals surface area contributed by atoms with Crippen LogP contribution >= 0.6 is 24.0 Å². The standard InChI is InChI=1S/C15H15FN2O3S2/c16-11-5-2-1-4-10(11)8-12-14(21)18(15(22)23-12)9-13(20)17-6-3-7-19/h1-2,4-5,8,19H,3,6-7,9H2,(H,17,20)/b12-8-. The summed E-state index contributed by atoms with van der Waals surface area (Å²) >= 11 is 6.15. The Morgan fingerprint density at radius 3 is 2.87 bits per heavy atom. The molecule has 1 saturated heterocycles. The van der Waals surface area contributed by atoms with Crippen LogP contribution in [0.25, 0.3) is 6.08 Å². The molecule has 2 N–H and O–H groups in total. The van der Waals surface area contributed by atoms with E-state index in [1.54, 1.807) is 18.2 Å². The molecule has 2 rings (SSSR count). The van der Waals surface area contributed by atoms with E-state index in [9.17, 15) is 14.0 Å². The summed E-state index contributed by atoms with van der Waals surface area (Å²) in [4.78, 5) is 25.5. The van der Waals surface area contributed by atoms with Crippen molar-refractivity contribution in [1.82, 2.24) is 10.2 Å². The molecule has 1 heterocycles. The van der Waals surface area contributed by atoms with Gasteiger partial charge >= 0.3 is 0 Å². The highest BCUT2D eigenvalue weighted by atomic mass is 32.2. The van der Waals surface area contributed by atoms with Crippen LogP contribution in [0.3, 0.4) is 0 Å². The lowest BCUT2D eigenvalue weighted by atomic mass is 10.2. The molecule has 0 aromatic heterocycles. The van der Waals surface area contributed by atoms with Crippen LogP contribution in [-0.4, -0.2) is 45.8 Å². The molecular formula is C15H15FN2O3S2. The third-order valence-corrected chi connectivity index (χ3v) is 4.40. The van der Waals surface area contributed by atoms with Gasteiger partial charge in [-0.1, -0.05) is 42.2 Å². The predicted octanol–water partition coefficient (Wildman–Crippen LogP) is 1.53. The molecule has 0 unspecified atom stereocenters. The first-order valence-electron chi connectivity index (χ1n) is 6.90. The third kappa shape index (κ3) is 4.60. The number of amides is 2. The lowest BCUT2D eigenvalue weighted by Crippen LogP contribution is -2.39. The van der Waals surface area contributed by atoms with Crippen molar-refractivity contribution in [3.05, 3.63) is 40.6 Å². The summed E-state index contributed by atoms with van der Waals surface area (Å²) < 4.78 is 13.9. The summed E-state index contributed by atoms with van der Waals surface area (Å²) in [5, 5.41) is 11.3. The first kappa shape index (κ1) is 17.6. The zero-order chi connectivity index (χ0) is 16.8. The van der Waals surface area contributed by atoms with Gasteiger partial charge in [-0.3, -0.25) is 14.5 Å². The van der Waals surface area contributed by atoms with Crippen molar-refractivity contribution in [2.45, 2.75) is 6.42 Å². The van der Waals surface area contributed by atoms with Crippen molar-refractivity contribution in [3.8, 4) is 0 Å². The smallest absolute Gasteiger partial charge is 0.266 e. The molecule has 0 aliphatic carbocycles. The second kappa shape index (κ2) is 8.19. The van der Waals surface area contributed by atoms with Crippen molar-refractivity contribution in [3.63, 3.8) is 0 Å². The van der Waals surface area contributed by atoms with Gasteiger partial charge in [-0.15, -0.1) is 0 Å². The van der Waals surface area contributed by atoms with E-state index in [0.29, 0.717) is 18.5 Å². The van der Waals surface area contributed by atoms with Crippen LogP contribution in [0.15, 0.2) is 29.2 Å². The van der Waals surface area contributed by atoms with Crippen molar-refractivity contribution in [1.29, 1.82) is 0 Å². The largest absolute Gasteiger partial charge is 0.396 e. The maximum Gasteiger partial charge on any atom is 0.266 e. The van der Waals surface area contributed by atoms with Crippen LogP contribution in [0, 0.1) is 5.82 Å². The fourth-order valence-electron chi connectivity index (χ4n) is 1.88. The Kier molecular flexibility index (Phi) is 6.26. The van der Waals surface area contributed by atoms with E-state index < -0.39 is 11.7 Å². The molecule has 0 atom stereocenters. The minimum Gasteiger partial charge on any atom is -0.396 e. The van der Waals surface area contributed by atoms with Gasteiger partial charge in [-0.2, -0.15) is 0 Å². The average Bonchev–Trinajstić information content (AvgIpc) is 2.77. The Bertz CT molecular complexity index is 664. The minimum absolute atomic E-state index is 0.0211. The number of thiocarbonyl (C=S) groups is 1. The fourth-order valence-corrected chi connectivity index (χ4v) is 3.12. The number of thioether (sulfide) groups is 1. The molecule has 8 heteroatoms. The molecule has 122 valence electrons. The monoisotopic (exact) mass is 354 g/mol. The van der Waals surface area contributed by atoms with Gasteiger partial charge in [0.2, 0.25) is 5.91 Å². The number of aliphatic hydroxyl groups excluding tert-OH is 1. The topological polar surface area (TPSA) is 69.6 Å². The van der Waals surface area contributed by atoms with Crippen LogP contribution in [-0.2, 0) is 9.59 Å². The minimum atomic E-state index is -0.431. The zero-order valence-electron chi connectivity index (χ0n) is 12.1. The molecule has 1 aromatic carbocycles. The van der Waals surface area contributed by atoms with Gasteiger partial charge in [-0.25, -0.2) is 4.39 Å². The number of nitrogens with one attached hydrogen (secondary N) is 1. The van der Waals surface area contributed by atoms with E-state index in [1.165, 1.54) is 17.0 Å². The number of carbonyl (C=O) groups is 2. The molecule has 1 aliphatic rings. The maximum absolute atomic E-state index is 13.7. The highest BCUT2D eigenvalue weighted by molar-refractivity contribution is 8.26. The number of hydrogen-bond acceptors (Lipinski definition) is 5. The molecule has 23 heavy (non-hydrogen) atoms. The van der Waals surface area contributed by atoms with Gasteiger partial charge in [0.25, 0.3) is 5.91 Å². The highest BCUT2D eigenvalue weighted by Crippen LogP contribution is 2.32. The fraction of sp³-hybridized carbons (Fsp3) is 0.267. The number of nitrogens with zero attached hydrogens (tertiary/aromatic N) is 1. The van der Waals surface area contributed by atoms with Crippen molar-refractivity contribution in [2.75, 3.05) is 19.7 Å². The lowest BCUT2D eigenvalue weighted by molar-refractivity contribution is -0.128. The van der Waals surface area contributed by atoms with Crippen molar-refractivity contribution in [2.24, 2.45) is 0 Å². The van der Waals surface area contributed by atoms with Crippen LogP contribution in [0.4, 0.5) is 4.39 Å². The summed E-state index contributed by atoms with van der Waals surface area (Å²) in [6, 6.07) is 6.10. The van der Waals surface area contributed by atoms with E-state index in [0.717, 1.165) is 11.8 Å². The first-order chi connectivity index (χ1) is 11.0. The molecule has 0 saturated carbocycles. The highest BCUT2D eigenvalue weighted by Gasteiger charge is 2.33. The Balaban J connectivity index is 2.05. The Morgan fingerprint density at radius 1 is 1.43 bits per heavy atom. The maximum atomic E-state index is 13.7. The summed E-state index contributed by atoms with van der Waals surface area (Å²) in [5.74, 6) is -1.21. The predicted molar refractivity (Wildman–Crippen MR) is 91.0 cm³/mol. The van der Waals surface area contributed by atoms with Gasteiger partial charge < -0.3 is 10.4 Å². The third-order valence-electron chi connectivity index (χ3n) is 3.02. The normalized spacial score (nSPS) is 16.3. The van der Waals surface area contributed by atoms with Crippen LogP contribution in [0.5, 0.6) is 0 Å². The Hall–Kier alpha value is -1.77. The van der Waals surface area contributed by atoms with Gasteiger partial charge in [0.05, 0.1) is 4.91 Å². The molecule has 0 spiro atoms. The molecule has 0 bridgehead atoms. The number of rotatable bonds is 6. The number of carbonyl (C=O) groups excluding carboxylic acids is 2. The van der Waals surface area contributed by atoms with Gasteiger partial charge in [0.1, 0.15) is 16.7 Å². The molecule has 1 aliphatic heterocycles. The van der Waals surface area contributed by atoms with Gasteiger partial charge in [-0.05, 0) is 18.6 Å². The first-order valence-corrected chi connectivity index (χ1v) is 8.13. The van der Waals surface area contributed by atoms with Crippen molar-refractivity contribution >= 4 is 46.2 Å². The quantitative estimate of drug-likeness (QED) is 0.461. The SMILES string of the molecule is O=C(CN1C(=O)/C(=C/c2ccccc2F)SC1=S)NCCCO. The van der Waals surface area contributed by atoms with Crippen LogP contribution in [0.1, 0.15) is 12.0 Å². The van der Waals surface area contributed by atoms with E-state index in [1.807, 2.05) is 0 Å². The second-order valence-corrected chi connectivity index (χ2v) is 6.39. The summed E-state index contributed by atoms with van der Waals surface area (Å²) in [5.41, 5.74) is 0.292. The summed E-state index contributed by atoms with van der Waals surface area (Å²) in [7, 11) is 0. The second-order valence-electron chi connectivity index (χ2n) is 4.72. The molecule has 5 nitrogen and oxygen atoms in total. The van der Waals surface area contributed by atoms with Gasteiger partial charge in [0, 0.05) is 18.7 Å². The molecule has 2 amide bonds. The Morgan fingerprint density at radius 2 is 2.17 bits per heavy atom. The number of aliphatic hydroxyl groups is 1. The van der Waals surface area contributed by atoms with E-state index in [2.05, 4.69) is 5.32 Å². The zero-order valence-corrected chi connectivity index (χ0v) is 13.8. The van der Waals surface area contributed by atoms with E-state index in [4.69, 9.17) is 17.3 Å².